The highest BCUT2D eigenvalue weighted by Gasteiger charge is 2.02. The Morgan fingerprint density at radius 2 is 1.80 bits per heavy atom. The van der Waals surface area contributed by atoms with Crippen molar-refractivity contribution in [3.05, 3.63) is 54.1 Å². The van der Waals surface area contributed by atoms with E-state index in [4.69, 9.17) is 0 Å². The van der Waals surface area contributed by atoms with Crippen LogP contribution in [-0.4, -0.2) is 0 Å². The summed E-state index contributed by atoms with van der Waals surface area (Å²) in [6.07, 6.45) is 3.30. The van der Waals surface area contributed by atoms with E-state index in [0.29, 0.717) is 0 Å². The molecule has 0 saturated carbocycles. The monoisotopic (exact) mass is 196 g/mol. The van der Waals surface area contributed by atoms with Crippen LogP contribution in [0.2, 0.25) is 0 Å². The second-order valence-corrected chi connectivity index (χ2v) is 3.69. The summed E-state index contributed by atoms with van der Waals surface area (Å²) >= 11 is 0. The standard InChI is InChI=1S/C15H16/c1-3-12(4-2)14-11-7-9-13-8-5-6-10-15(13)14/h3,5-11H,4H2,1-2H3/b12-3+. The van der Waals surface area contributed by atoms with Gasteiger partial charge in [-0.25, -0.2) is 0 Å². The van der Waals surface area contributed by atoms with E-state index in [0.717, 1.165) is 6.42 Å². The Morgan fingerprint density at radius 3 is 2.53 bits per heavy atom. The molecule has 0 radical (unpaired) electrons. The average Bonchev–Trinajstić information content (AvgIpc) is 2.31. The van der Waals surface area contributed by atoms with Gasteiger partial charge in [-0.2, -0.15) is 0 Å². The van der Waals surface area contributed by atoms with Gasteiger partial charge in [0.1, 0.15) is 0 Å². The molecule has 0 bridgehead atoms. The second kappa shape index (κ2) is 4.31. The van der Waals surface area contributed by atoms with Gasteiger partial charge < -0.3 is 0 Å². The summed E-state index contributed by atoms with van der Waals surface area (Å²) in [4.78, 5) is 0. The third kappa shape index (κ3) is 1.80. The van der Waals surface area contributed by atoms with Crippen molar-refractivity contribution in [2.24, 2.45) is 0 Å². The Morgan fingerprint density at radius 1 is 1.07 bits per heavy atom. The van der Waals surface area contributed by atoms with Crippen molar-refractivity contribution in [1.82, 2.24) is 0 Å². The van der Waals surface area contributed by atoms with E-state index < -0.39 is 0 Å². The summed E-state index contributed by atoms with van der Waals surface area (Å²) in [6.45, 7) is 4.32. The molecule has 2 aromatic rings. The van der Waals surface area contributed by atoms with Crippen LogP contribution in [0, 0.1) is 0 Å². The fourth-order valence-electron chi connectivity index (χ4n) is 2.06. The third-order valence-corrected chi connectivity index (χ3v) is 2.86. The molecule has 76 valence electrons. The minimum Gasteiger partial charge on any atom is -0.0838 e. The van der Waals surface area contributed by atoms with E-state index in [1.807, 2.05) is 0 Å². The molecule has 0 aliphatic heterocycles. The van der Waals surface area contributed by atoms with Gasteiger partial charge in [-0.15, -0.1) is 0 Å². The van der Waals surface area contributed by atoms with Gasteiger partial charge in [-0.05, 0) is 35.3 Å². The number of benzene rings is 2. The van der Waals surface area contributed by atoms with E-state index in [1.54, 1.807) is 0 Å². The zero-order valence-corrected chi connectivity index (χ0v) is 9.33. The zero-order valence-electron chi connectivity index (χ0n) is 9.33. The highest BCUT2D eigenvalue weighted by Crippen LogP contribution is 2.26. The van der Waals surface area contributed by atoms with Crippen LogP contribution in [-0.2, 0) is 0 Å². The van der Waals surface area contributed by atoms with Crippen molar-refractivity contribution in [2.45, 2.75) is 20.3 Å². The smallest absolute Gasteiger partial charge is 0.0109 e. The SMILES string of the molecule is C/C=C(\CC)c1cccc2ccccc12. The lowest BCUT2D eigenvalue weighted by molar-refractivity contribution is 1.24. The first-order valence-corrected chi connectivity index (χ1v) is 5.50. The van der Waals surface area contributed by atoms with Gasteiger partial charge in [0.25, 0.3) is 0 Å². The van der Waals surface area contributed by atoms with Crippen LogP contribution in [0.5, 0.6) is 0 Å². The maximum absolute atomic E-state index is 2.21. The number of hydrogen-bond donors (Lipinski definition) is 0. The van der Waals surface area contributed by atoms with Gasteiger partial charge >= 0.3 is 0 Å². The molecule has 0 saturated heterocycles. The molecule has 0 spiro atoms. The van der Waals surface area contributed by atoms with Crippen molar-refractivity contribution in [1.29, 1.82) is 0 Å². The summed E-state index contributed by atoms with van der Waals surface area (Å²) in [7, 11) is 0. The second-order valence-electron chi connectivity index (χ2n) is 3.69. The van der Waals surface area contributed by atoms with E-state index in [-0.39, 0.29) is 0 Å². The van der Waals surface area contributed by atoms with Crippen molar-refractivity contribution < 1.29 is 0 Å². The summed E-state index contributed by atoms with van der Waals surface area (Å²) in [5, 5.41) is 2.68. The fourth-order valence-corrected chi connectivity index (χ4v) is 2.06. The van der Waals surface area contributed by atoms with Crippen molar-refractivity contribution >= 4 is 16.3 Å². The van der Waals surface area contributed by atoms with E-state index in [2.05, 4.69) is 62.4 Å². The highest BCUT2D eigenvalue weighted by atomic mass is 14.1. The fraction of sp³-hybridized carbons (Fsp3) is 0.200. The van der Waals surface area contributed by atoms with Crippen LogP contribution in [0.3, 0.4) is 0 Å². The van der Waals surface area contributed by atoms with Crippen LogP contribution in [0.4, 0.5) is 0 Å². The molecule has 0 heteroatoms. The normalized spacial score (nSPS) is 12.0. The molecule has 0 N–H and O–H groups in total. The van der Waals surface area contributed by atoms with Gasteiger partial charge in [0, 0.05) is 0 Å². The molecule has 0 heterocycles. The molecule has 15 heavy (non-hydrogen) atoms. The van der Waals surface area contributed by atoms with Crippen molar-refractivity contribution in [3.8, 4) is 0 Å². The van der Waals surface area contributed by atoms with Crippen molar-refractivity contribution in [3.63, 3.8) is 0 Å². The Hall–Kier alpha value is -1.56. The molecular formula is C15H16. The molecule has 0 atom stereocenters. The summed E-state index contributed by atoms with van der Waals surface area (Å²) < 4.78 is 0. The predicted octanol–water partition coefficient (Wildman–Crippen LogP) is 4.65. The first-order valence-electron chi connectivity index (χ1n) is 5.50. The third-order valence-electron chi connectivity index (χ3n) is 2.86. The van der Waals surface area contributed by atoms with E-state index in [1.165, 1.54) is 21.9 Å². The van der Waals surface area contributed by atoms with Gasteiger partial charge in [-0.1, -0.05) is 55.5 Å². The van der Waals surface area contributed by atoms with Crippen molar-refractivity contribution in [2.75, 3.05) is 0 Å². The Labute approximate surface area is 91.2 Å². The van der Waals surface area contributed by atoms with Crippen LogP contribution < -0.4 is 0 Å². The quantitative estimate of drug-likeness (QED) is 0.655. The van der Waals surface area contributed by atoms with E-state index in [9.17, 15) is 0 Å². The molecule has 0 amide bonds. The predicted molar refractivity (Wildman–Crippen MR) is 67.9 cm³/mol. The lowest BCUT2D eigenvalue weighted by Gasteiger charge is -2.08. The van der Waals surface area contributed by atoms with Gasteiger partial charge in [-0.3, -0.25) is 0 Å². The molecule has 0 aromatic heterocycles. The summed E-state index contributed by atoms with van der Waals surface area (Å²) in [5.41, 5.74) is 2.80. The minimum atomic E-state index is 1.09. The number of fused-ring (bicyclic) bond motifs is 1. The van der Waals surface area contributed by atoms with Crippen LogP contribution >= 0.6 is 0 Å². The summed E-state index contributed by atoms with van der Waals surface area (Å²) in [6, 6.07) is 15.1. The number of rotatable bonds is 2. The van der Waals surface area contributed by atoms with Gasteiger partial charge in [0.15, 0.2) is 0 Å². The maximum atomic E-state index is 2.21. The van der Waals surface area contributed by atoms with Crippen LogP contribution in [0.1, 0.15) is 25.8 Å². The summed E-state index contributed by atoms with van der Waals surface area (Å²) in [5.74, 6) is 0. The van der Waals surface area contributed by atoms with Crippen LogP contribution in [0.25, 0.3) is 16.3 Å². The first-order chi connectivity index (χ1) is 7.36. The molecule has 2 rings (SSSR count). The molecule has 0 fully saturated rings. The molecule has 0 aliphatic rings. The largest absolute Gasteiger partial charge is 0.0838 e. The Kier molecular flexibility index (Phi) is 2.86. The maximum Gasteiger partial charge on any atom is -0.0109 e. The van der Waals surface area contributed by atoms with Crippen LogP contribution in [0.15, 0.2) is 48.5 Å². The van der Waals surface area contributed by atoms with E-state index >= 15 is 0 Å². The topological polar surface area (TPSA) is 0 Å². The molecule has 0 nitrogen and oxygen atoms in total. The average molecular weight is 196 g/mol. The lowest BCUT2D eigenvalue weighted by Crippen LogP contribution is -1.84. The highest BCUT2D eigenvalue weighted by molar-refractivity contribution is 5.93. The molecule has 2 aromatic carbocycles. The van der Waals surface area contributed by atoms with Gasteiger partial charge in [0.2, 0.25) is 0 Å². The Balaban J connectivity index is 2.71. The first kappa shape index (κ1) is 9.97. The minimum absolute atomic E-state index is 1.09. The zero-order chi connectivity index (χ0) is 10.7. The number of hydrogen-bond acceptors (Lipinski definition) is 0. The van der Waals surface area contributed by atoms with Gasteiger partial charge in [0.05, 0.1) is 0 Å². The molecular weight excluding hydrogens is 180 g/mol. The molecule has 0 unspecified atom stereocenters. The number of allylic oxidation sites excluding steroid dienone is 2. The lowest BCUT2D eigenvalue weighted by atomic mass is 9.97. The Bertz CT molecular complexity index is 487. The molecule has 0 aliphatic carbocycles.